The van der Waals surface area contributed by atoms with Crippen molar-refractivity contribution in [3.63, 3.8) is 0 Å². The highest BCUT2D eigenvalue weighted by Gasteiger charge is 2.40. The first-order valence-electron chi connectivity index (χ1n) is 9.47. The lowest BCUT2D eigenvalue weighted by Gasteiger charge is -2.43. The zero-order chi connectivity index (χ0) is 20.7. The topological polar surface area (TPSA) is 53.6 Å². The summed E-state index contributed by atoms with van der Waals surface area (Å²) in [6.07, 6.45) is -3.38. The molecule has 2 amide bonds. The molecule has 0 aromatic heterocycles. The molecule has 0 bridgehead atoms. The summed E-state index contributed by atoms with van der Waals surface area (Å²) in [5.74, 6) is 7.39. The van der Waals surface area contributed by atoms with Crippen molar-refractivity contribution in [3.05, 3.63) is 35.4 Å². The van der Waals surface area contributed by atoms with Crippen LogP contribution >= 0.6 is 11.8 Å². The Hall–Kier alpha value is -1.89. The summed E-state index contributed by atoms with van der Waals surface area (Å²) in [5, 5.41) is 5.57. The fourth-order valence-electron chi connectivity index (χ4n) is 3.49. The third-order valence-corrected chi connectivity index (χ3v) is 6.34. The number of ether oxygens (including phenoxy) is 1. The maximum atomic E-state index is 12.7. The van der Waals surface area contributed by atoms with Crippen LogP contribution < -0.4 is 10.6 Å². The van der Waals surface area contributed by atoms with Crippen LogP contribution in [0.5, 0.6) is 0 Å². The third-order valence-electron chi connectivity index (χ3n) is 5.10. The van der Waals surface area contributed by atoms with Gasteiger partial charge >= 0.3 is 12.2 Å². The molecule has 2 saturated heterocycles. The molecule has 5 nitrogen and oxygen atoms in total. The maximum absolute atomic E-state index is 12.7. The molecular weight excluding hydrogens is 403 g/mol. The molecule has 0 saturated carbocycles. The summed E-state index contributed by atoms with van der Waals surface area (Å²) in [7, 11) is 0. The monoisotopic (exact) mass is 427 g/mol. The Kier molecular flexibility index (Phi) is 7.33. The molecule has 158 valence electrons. The highest BCUT2D eigenvalue weighted by atomic mass is 32.2. The minimum atomic E-state index is -4.40. The molecule has 1 unspecified atom stereocenters. The van der Waals surface area contributed by atoms with Gasteiger partial charge in [-0.25, -0.2) is 4.79 Å². The van der Waals surface area contributed by atoms with Gasteiger partial charge in [0.15, 0.2) is 0 Å². The molecule has 2 heterocycles. The van der Waals surface area contributed by atoms with E-state index in [1.54, 1.807) is 0 Å². The van der Waals surface area contributed by atoms with E-state index in [0.29, 0.717) is 19.8 Å². The Balaban J connectivity index is 1.47. The molecule has 0 radical (unpaired) electrons. The molecule has 2 aliphatic rings. The molecule has 3 rings (SSSR count). The Morgan fingerprint density at radius 2 is 2.07 bits per heavy atom. The van der Waals surface area contributed by atoms with Crippen molar-refractivity contribution in [2.24, 2.45) is 0 Å². The molecule has 29 heavy (non-hydrogen) atoms. The van der Waals surface area contributed by atoms with Crippen LogP contribution in [-0.2, 0) is 10.9 Å². The van der Waals surface area contributed by atoms with Gasteiger partial charge in [-0.05, 0) is 30.4 Å². The van der Waals surface area contributed by atoms with Crippen molar-refractivity contribution < 1.29 is 22.7 Å². The Morgan fingerprint density at radius 1 is 1.28 bits per heavy atom. The number of carbonyl (C=O) groups excluding carboxylic acids is 1. The number of morpholine rings is 1. The van der Waals surface area contributed by atoms with Gasteiger partial charge in [-0.2, -0.15) is 24.9 Å². The number of nitrogens with zero attached hydrogens (tertiary/aromatic N) is 1. The number of rotatable bonds is 4. The first-order valence-corrected chi connectivity index (χ1v) is 10.6. The summed E-state index contributed by atoms with van der Waals surface area (Å²) in [4.78, 5) is 14.5. The lowest BCUT2D eigenvalue weighted by atomic mass is 9.95. The number of nitrogens with one attached hydrogen (secondary N) is 2. The van der Waals surface area contributed by atoms with E-state index in [1.807, 2.05) is 11.8 Å². The number of carbonyl (C=O) groups is 1. The second kappa shape index (κ2) is 9.74. The van der Waals surface area contributed by atoms with Crippen LogP contribution in [0.3, 0.4) is 0 Å². The fourth-order valence-corrected chi connectivity index (χ4v) is 4.96. The SMILES string of the molecule is O=C(NCC#Cc1cccc(C(F)(F)F)c1)NCC1(N2CCOCC2)CCSC1. The van der Waals surface area contributed by atoms with E-state index in [4.69, 9.17) is 4.74 Å². The van der Waals surface area contributed by atoms with E-state index in [9.17, 15) is 18.0 Å². The molecule has 2 fully saturated rings. The highest BCUT2D eigenvalue weighted by Crippen LogP contribution is 2.33. The van der Waals surface area contributed by atoms with Gasteiger partial charge in [0.1, 0.15) is 0 Å². The standard InChI is InChI=1S/C20H24F3N3O2S/c21-20(22,23)17-5-1-3-16(13-17)4-2-7-24-18(27)25-14-19(6-12-29-15-19)26-8-10-28-11-9-26/h1,3,5,13H,6-12,14-15H2,(H2,24,25,27). The van der Waals surface area contributed by atoms with Crippen molar-refractivity contribution in [2.75, 3.05) is 50.9 Å². The molecular formula is C20H24F3N3O2S. The zero-order valence-corrected chi connectivity index (χ0v) is 16.8. The summed E-state index contributed by atoms with van der Waals surface area (Å²) < 4.78 is 43.6. The van der Waals surface area contributed by atoms with Gasteiger partial charge in [0, 0.05) is 36.5 Å². The van der Waals surface area contributed by atoms with Gasteiger partial charge in [-0.1, -0.05) is 17.9 Å². The fraction of sp³-hybridized carbons (Fsp3) is 0.550. The van der Waals surface area contributed by atoms with E-state index in [2.05, 4.69) is 27.4 Å². The summed E-state index contributed by atoms with van der Waals surface area (Å²) in [6.45, 7) is 3.76. The number of hydrogen-bond donors (Lipinski definition) is 2. The first-order chi connectivity index (χ1) is 13.9. The van der Waals surface area contributed by atoms with E-state index < -0.39 is 11.7 Å². The second-order valence-corrected chi connectivity index (χ2v) is 8.15. The first kappa shape index (κ1) is 21.8. The van der Waals surface area contributed by atoms with Crippen molar-refractivity contribution in [3.8, 4) is 11.8 Å². The largest absolute Gasteiger partial charge is 0.416 e. The predicted octanol–water partition coefficient (Wildman–Crippen LogP) is 2.56. The molecule has 9 heteroatoms. The van der Waals surface area contributed by atoms with Crippen molar-refractivity contribution >= 4 is 17.8 Å². The Labute approximate surface area is 172 Å². The normalized spacial score (nSPS) is 22.6. The van der Waals surface area contributed by atoms with E-state index in [0.717, 1.165) is 43.1 Å². The highest BCUT2D eigenvalue weighted by molar-refractivity contribution is 7.99. The Morgan fingerprint density at radius 3 is 2.76 bits per heavy atom. The smallest absolute Gasteiger partial charge is 0.379 e. The van der Waals surface area contributed by atoms with E-state index >= 15 is 0 Å². The Bertz CT molecular complexity index is 764. The average Bonchev–Trinajstić information content (AvgIpc) is 3.20. The summed E-state index contributed by atoms with van der Waals surface area (Å²) in [5.41, 5.74) is -0.524. The number of urea groups is 1. The van der Waals surface area contributed by atoms with Crippen LogP contribution in [0.2, 0.25) is 0 Å². The number of hydrogen-bond acceptors (Lipinski definition) is 4. The molecule has 1 aromatic rings. The minimum Gasteiger partial charge on any atom is -0.379 e. The lowest BCUT2D eigenvalue weighted by molar-refractivity contribution is -0.137. The predicted molar refractivity (Wildman–Crippen MR) is 107 cm³/mol. The molecule has 0 spiro atoms. The third kappa shape index (κ3) is 6.04. The minimum absolute atomic E-state index is 0.0461. The van der Waals surface area contributed by atoms with Gasteiger partial charge in [0.2, 0.25) is 0 Å². The second-order valence-electron chi connectivity index (χ2n) is 7.04. The molecule has 2 aliphatic heterocycles. The van der Waals surface area contributed by atoms with Gasteiger partial charge in [0.05, 0.1) is 25.3 Å². The quantitative estimate of drug-likeness (QED) is 0.726. The van der Waals surface area contributed by atoms with Gasteiger partial charge in [-0.15, -0.1) is 0 Å². The van der Waals surface area contributed by atoms with E-state index in [1.165, 1.54) is 12.1 Å². The van der Waals surface area contributed by atoms with Gasteiger partial charge in [-0.3, -0.25) is 4.90 Å². The van der Waals surface area contributed by atoms with Gasteiger partial charge < -0.3 is 15.4 Å². The zero-order valence-electron chi connectivity index (χ0n) is 16.0. The lowest BCUT2D eigenvalue weighted by Crippen LogP contribution is -2.59. The van der Waals surface area contributed by atoms with Crippen LogP contribution in [0.4, 0.5) is 18.0 Å². The molecule has 1 aromatic carbocycles. The van der Waals surface area contributed by atoms with Crippen LogP contribution in [-0.4, -0.2) is 67.4 Å². The van der Waals surface area contributed by atoms with Crippen molar-refractivity contribution in [2.45, 2.75) is 18.1 Å². The molecule has 1 atom stereocenters. The molecule has 0 aliphatic carbocycles. The van der Waals surface area contributed by atoms with E-state index in [-0.39, 0.29) is 23.7 Å². The van der Waals surface area contributed by atoms with Crippen molar-refractivity contribution in [1.29, 1.82) is 0 Å². The van der Waals surface area contributed by atoms with Crippen LogP contribution in [0.15, 0.2) is 24.3 Å². The maximum Gasteiger partial charge on any atom is 0.416 e. The van der Waals surface area contributed by atoms with Crippen LogP contribution in [0.1, 0.15) is 17.5 Å². The summed E-state index contributed by atoms with van der Waals surface area (Å²) in [6, 6.07) is 4.50. The van der Waals surface area contributed by atoms with Crippen LogP contribution in [0.25, 0.3) is 0 Å². The number of alkyl halides is 3. The number of halogens is 3. The average molecular weight is 427 g/mol. The number of benzene rings is 1. The number of amides is 2. The number of thioether (sulfide) groups is 1. The molecule has 2 N–H and O–H groups in total. The van der Waals surface area contributed by atoms with Crippen molar-refractivity contribution in [1.82, 2.24) is 15.5 Å². The van der Waals surface area contributed by atoms with Gasteiger partial charge in [0.25, 0.3) is 0 Å². The summed E-state index contributed by atoms with van der Waals surface area (Å²) >= 11 is 1.89. The van der Waals surface area contributed by atoms with Crippen LogP contribution in [0, 0.1) is 11.8 Å².